The fourth-order valence-electron chi connectivity index (χ4n) is 2.45. The first-order chi connectivity index (χ1) is 11.8. The summed E-state index contributed by atoms with van der Waals surface area (Å²) in [6.07, 6.45) is 0.890. The minimum atomic E-state index is -3.48. The van der Waals surface area contributed by atoms with Crippen molar-refractivity contribution in [2.75, 3.05) is 20.6 Å². The molecule has 0 aliphatic rings. The third-order valence-electron chi connectivity index (χ3n) is 3.93. The topological polar surface area (TPSA) is 66.5 Å². The molecule has 1 amide bonds. The molecule has 0 aliphatic carbocycles. The number of carbonyl (C=O) groups excluding carboxylic acids is 1. The van der Waals surface area contributed by atoms with Crippen molar-refractivity contribution in [2.24, 2.45) is 5.92 Å². The third kappa shape index (κ3) is 5.14. The van der Waals surface area contributed by atoms with E-state index in [-0.39, 0.29) is 10.8 Å². The zero-order valence-corrected chi connectivity index (χ0v) is 15.6. The van der Waals surface area contributed by atoms with Gasteiger partial charge >= 0.3 is 0 Å². The number of nitrogens with one attached hydrogen (secondary N) is 1. The zero-order valence-electron chi connectivity index (χ0n) is 14.8. The van der Waals surface area contributed by atoms with Crippen molar-refractivity contribution in [1.82, 2.24) is 9.62 Å². The van der Waals surface area contributed by atoms with Crippen LogP contribution in [0.4, 0.5) is 0 Å². The molecule has 0 radical (unpaired) electrons. The van der Waals surface area contributed by atoms with Crippen molar-refractivity contribution < 1.29 is 13.2 Å². The average Bonchev–Trinajstić information content (AvgIpc) is 2.60. The first-order valence-electron chi connectivity index (χ1n) is 8.15. The van der Waals surface area contributed by atoms with Gasteiger partial charge in [0, 0.05) is 26.2 Å². The average molecular weight is 360 g/mol. The van der Waals surface area contributed by atoms with E-state index in [2.05, 4.69) is 24.4 Å². The summed E-state index contributed by atoms with van der Waals surface area (Å²) in [7, 11) is -0.526. The monoisotopic (exact) mass is 360 g/mol. The Kier molecular flexibility index (Phi) is 6.33. The lowest BCUT2D eigenvalue weighted by molar-refractivity contribution is 0.0948. The van der Waals surface area contributed by atoms with E-state index in [4.69, 9.17) is 0 Å². The second-order valence-electron chi connectivity index (χ2n) is 6.32. The Balaban J connectivity index is 1.93. The van der Waals surface area contributed by atoms with E-state index in [1.54, 1.807) is 0 Å². The van der Waals surface area contributed by atoms with Crippen molar-refractivity contribution in [2.45, 2.75) is 18.2 Å². The zero-order chi connectivity index (χ0) is 18.4. The largest absolute Gasteiger partial charge is 0.352 e. The van der Waals surface area contributed by atoms with Crippen LogP contribution in [0.3, 0.4) is 0 Å². The second-order valence-corrected chi connectivity index (χ2v) is 8.47. The molecule has 1 atom stereocenters. The Labute approximate surface area is 149 Å². The van der Waals surface area contributed by atoms with Gasteiger partial charge in [-0.2, -0.15) is 0 Å². The predicted octanol–water partition coefficient (Wildman–Crippen LogP) is 2.55. The van der Waals surface area contributed by atoms with E-state index >= 15 is 0 Å². The van der Waals surface area contributed by atoms with Crippen molar-refractivity contribution in [3.63, 3.8) is 0 Å². The summed E-state index contributed by atoms with van der Waals surface area (Å²) in [6.45, 7) is 2.64. The molecule has 134 valence electrons. The lowest BCUT2D eigenvalue weighted by Crippen LogP contribution is -2.29. The number of carbonyl (C=O) groups is 1. The molecule has 0 bridgehead atoms. The Morgan fingerprint density at radius 1 is 1.04 bits per heavy atom. The number of benzene rings is 2. The molecular weight excluding hydrogens is 336 g/mol. The van der Waals surface area contributed by atoms with Gasteiger partial charge in [-0.25, -0.2) is 12.7 Å². The van der Waals surface area contributed by atoms with Gasteiger partial charge in [0.25, 0.3) is 5.91 Å². The number of rotatable bonds is 7. The summed E-state index contributed by atoms with van der Waals surface area (Å²) in [6, 6.07) is 16.1. The van der Waals surface area contributed by atoms with E-state index in [1.165, 1.54) is 43.9 Å². The van der Waals surface area contributed by atoms with Crippen LogP contribution in [0.25, 0.3) is 0 Å². The number of sulfonamides is 1. The van der Waals surface area contributed by atoms with Gasteiger partial charge in [0.1, 0.15) is 0 Å². The Hall–Kier alpha value is -2.18. The predicted molar refractivity (Wildman–Crippen MR) is 99.0 cm³/mol. The van der Waals surface area contributed by atoms with E-state index in [0.717, 1.165) is 10.7 Å². The molecule has 1 unspecified atom stereocenters. The molecule has 2 aromatic carbocycles. The number of hydrogen-bond acceptors (Lipinski definition) is 3. The lowest BCUT2D eigenvalue weighted by Gasteiger charge is -2.14. The minimum Gasteiger partial charge on any atom is -0.352 e. The second kappa shape index (κ2) is 8.27. The van der Waals surface area contributed by atoms with E-state index in [1.807, 2.05) is 18.2 Å². The van der Waals surface area contributed by atoms with Gasteiger partial charge in [-0.3, -0.25) is 4.79 Å². The standard InChI is InChI=1S/C19H24N2O3S/c1-15(13-16-7-5-4-6-8-16)14-20-19(22)17-9-11-18(12-10-17)25(23,24)21(2)3/h4-12,15H,13-14H2,1-3H3,(H,20,22). The van der Waals surface area contributed by atoms with E-state index in [0.29, 0.717) is 18.0 Å². The Morgan fingerprint density at radius 2 is 1.64 bits per heavy atom. The van der Waals surface area contributed by atoms with Crippen LogP contribution in [-0.2, 0) is 16.4 Å². The van der Waals surface area contributed by atoms with Crippen LogP contribution < -0.4 is 5.32 Å². The number of amides is 1. The molecule has 0 aromatic heterocycles. The molecule has 2 aromatic rings. The highest BCUT2D eigenvalue weighted by Crippen LogP contribution is 2.14. The highest BCUT2D eigenvalue weighted by molar-refractivity contribution is 7.89. The molecule has 5 nitrogen and oxygen atoms in total. The molecule has 0 spiro atoms. The first-order valence-corrected chi connectivity index (χ1v) is 9.59. The van der Waals surface area contributed by atoms with E-state index < -0.39 is 10.0 Å². The normalized spacial score (nSPS) is 12.8. The summed E-state index contributed by atoms with van der Waals surface area (Å²) < 4.78 is 25.2. The quantitative estimate of drug-likeness (QED) is 0.825. The Morgan fingerprint density at radius 3 is 2.20 bits per heavy atom. The molecule has 1 N–H and O–H groups in total. The van der Waals surface area contributed by atoms with Crippen molar-refractivity contribution in [3.8, 4) is 0 Å². The molecule has 2 rings (SSSR count). The number of hydrogen-bond donors (Lipinski definition) is 1. The fourth-order valence-corrected chi connectivity index (χ4v) is 3.35. The van der Waals surface area contributed by atoms with Crippen molar-refractivity contribution in [1.29, 1.82) is 0 Å². The molecule has 6 heteroatoms. The van der Waals surface area contributed by atoms with Crippen LogP contribution in [0.2, 0.25) is 0 Å². The molecule has 25 heavy (non-hydrogen) atoms. The molecule has 0 heterocycles. The number of nitrogens with zero attached hydrogens (tertiary/aromatic N) is 1. The highest BCUT2D eigenvalue weighted by Gasteiger charge is 2.17. The maximum absolute atomic E-state index is 12.2. The molecule has 0 saturated heterocycles. The van der Waals surface area contributed by atoms with Gasteiger partial charge in [0.05, 0.1) is 4.90 Å². The van der Waals surface area contributed by atoms with Gasteiger partial charge in [0.15, 0.2) is 0 Å². The van der Waals surface area contributed by atoms with Crippen LogP contribution in [0.15, 0.2) is 59.5 Å². The van der Waals surface area contributed by atoms with Crippen molar-refractivity contribution in [3.05, 3.63) is 65.7 Å². The van der Waals surface area contributed by atoms with Crippen LogP contribution in [0.1, 0.15) is 22.8 Å². The van der Waals surface area contributed by atoms with Crippen LogP contribution >= 0.6 is 0 Å². The molecular formula is C19H24N2O3S. The highest BCUT2D eigenvalue weighted by atomic mass is 32.2. The lowest BCUT2D eigenvalue weighted by atomic mass is 10.0. The smallest absolute Gasteiger partial charge is 0.251 e. The van der Waals surface area contributed by atoms with Crippen LogP contribution in [0.5, 0.6) is 0 Å². The van der Waals surface area contributed by atoms with Gasteiger partial charge in [-0.1, -0.05) is 37.3 Å². The van der Waals surface area contributed by atoms with Gasteiger partial charge < -0.3 is 5.32 Å². The summed E-state index contributed by atoms with van der Waals surface area (Å²) in [5.74, 6) is 0.105. The third-order valence-corrected chi connectivity index (χ3v) is 5.76. The van der Waals surface area contributed by atoms with Gasteiger partial charge in [-0.15, -0.1) is 0 Å². The van der Waals surface area contributed by atoms with Crippen LogP contribution in [-0.4, -0.2) is 39.3 Å². The Bertz CT molecular complexity index is 800. The maximum Gasteiger partial charge on any atom is 0.251 e. The summed E-state index contributed by atoms with van der Waals surface area (Å²) >= 11 is 0. The maximum atomic E-state index is 12.2. The summed E-state index contributed by atoms with van der Waals surface area (Å²) in [5, 5.41) is 2.90. The molecule has 0 fully saturated rings. The summed E-state index contributed by atoms with van der Waals surface area (Å²) in [5.41, 5.74) is 1.69. The SMILES string of the molecule is CC(CNC(=O)c1ccc(S(=O)(=O)N(C)C)cc1)Cc1ccccc1. The fraction of sp³-hybridized carbons (Fsp3) is 0.316. The minimum absolute atomic E-state index is 0.173. The van der Waals surface area contributed by atoms with Gasteiger partial charge in [-0.05, 0) is 42.2 Å². The van der Waals surface area contributed by atoms with Crippen molar-refractivity contribution >= 4 is 15.9 Å². The molecule has 0 aliphatic heterocycles. The van der Waals surface area contributed by atoms with Crippen LogP contribution in [0, 0.1) is 5.92 Å². The first kappa shape index (κ1) is 19.1. The van der Waals surface area contributed by atoms with E-state index in [9.17, 15) is 13.2 Å². The molecule has 0 saturated carbocycles. The van der Waals surface area contributed by atoms with Gasteiger partial charge in [0.2, 0.25) is 10.0 Å². The summed E-state index contributed by atoms with van der Waals surface area (Å²) in [4.78, 5) is 12.4.